The van der Waals surface area contributed by atoms with E-state index in [1.807, 2.05) is 25.1 Å². The summed E-state index contributed by atoms with van der Waals surface area (Å²) < 4.78 is 0. The van der Waals surface area contributed by atoms with Gasteiger partial charge in [-0.25, -0.2) is 9.98 Å². The Morgan fingerprint density at radius 1 is 1.50 bits per heavy atom. The molecule has 3 heteroatoms. The maximum atomic E-state index is 4.25. The zero-order valence-electron chi connectivity index (χ0n) is 7.28. The van der Waals surface area contributed by atoms with Crippen LogP contribution in [-0.2, 0) is 0 Å². The Labute approximate surface area is 71.9 Å². The SMILES string of the molecule is C=NC(=NC)c1cccc(C)n1. The van der Waals surface area contributed by atoms with Crippen LogP contribution in [0.25, 0.3) is 0 Å². The molecule has 0 unspecified atom stereocenters. The summed E-state index contributed by atoms with van der Waals surface area (Å²) in [4.78, 5) is 11.9. The van der Waals surface area contributed by atoms with Crippen molar-refractivity contribution in [2.24, 2.45) is 9.98 Å². The number of aryl methyl sites for hydroxylation is 1. The fourth-order valence-electron chi connectivity index (χ4n) is 0.934. The first-order valence-corrected chi connectivity index (χ1v) is 3.65. The quantitative estimate of drug-likeness (QED) is 0.454. The van der Waals surface area contributed by atoms with E-state index in [4.69, 9.17) is 0 Å². The van der Waals surface area contributed by atoms with Crippen LogP contribution in [0, 0.1) is 6.92 Å². The van der Waals surface area contributed by atoms with Crippen LogP contribution in [0.2, 0.25) is 0 Å². The maximum absolute atomic E-state index is 4.25. The third-order valence-electron chi connectivity index (χ3n) is 1.48. The molecular formula is C9H11N3. The van der Waals surface area contributed by atoms with Crippen LogP contribution in [0.15, 0.2) is 28.2 Å². The Kier molecular flexibility index (Phi) is 2.69. The molecule has 0 saturated carbocycles. The summed E-state index contributed by atoms with van der Waals surface area (Å²) >= 11 is 0. The van der Waals surface area contributed by atoms with Gasteiger partial charge in [0.25, 0.3) is 0 Å². The highest BCUT2D eigenvalue weighted by atomic mass is 14.9. The third-order valence-corrected chi connectivity index (χ3v) is 1.48. The predicted molar refractivity (Wildman–Crippen MR) is 51.0 cm³/mol. The zero-order chi connectivity index (χ0) is 8.97. The molecule has 3 nitrogen and oxygen atoms in total. The molecule has 0 N–H and O–H groups in total. The number of pyridine rings is 1. The van der Waals surface area contributed by atoms with Crippen molar-refractivity contribution in [1.29, 1.82) is 0 Å². The van der Waals surface area contributed by atoms with Crippen molar-refractivity contribution in [2.75, 3.05) is 7.05 Å². The summed E-state index contributed by atoms with van der Waals surface area (Å²) in [5.74, 6) is 0.582. The molecule has 0 spiro atoms. The molecule has 0 bridgehead atoms. The Bertz CT molecular complexity index is 315. The van der Waals surface area contributed by atoms with E-state index in [9.17, 15) is 0 Å². The van der Waals surface area contributed by atoms with Crippen molar-refractivity contribution in [3.05, 3.63) is 29.6 Å². The lowest BCUT2D eigenvalue weighted by Crippen LogP contribution is -2.00. The number of rotatable bonds is 1. The highest BCUT2D eigenvalue weighted by molar-refractivity contribution is 5.99. The van der Waals surface area contributed by atoms with Crippen LogP contribution < -0.4 is 0 Å². The lowest BCUT2D eigenvalue weighted by Gasteiger charge is -1.98. The maximum Gasteiger partial charge on any atom is 0.172 e. The molecule has 0 aliphatic rings. The van der Waals surface area contributed by atoms with Gasteiger partial charge in [-0.3, -0.25) is 4.99 Å². The highest BCUT2D eigenvalue weighted by Gasteiger charge is 1.99. The summed E-state index contributed by atoms with van der Waals surface area (Å²) in [5, 5.41) is 0. The van der Waals surface area contributed by atoms with Crippen molar-refractivity contribution in [1.82, 2.24) is 4.98 Å². The van der Waals surface area contributed by atoms with Crippen molar-refractivity contribution >= 4 is 12.6 Å². The van der Waals surface area contributed by atoms with Gasteiger partial charge in [-0.15, -0.1) is 0 Å². The van der Waals surface area contributed by atoms with E-state index < -0.39 is 0 Å². The van der Waals surface area contributed by atoms with E-state index in [1.165, 1.54) is 0 Å². The number of hydrogen-bond donors (Lipinski definition) is 0. The average molecular weight is 161 g/mol. The molecule has 12 heavy (non-hydrogen) atoms. The average Bonchev–Trinajstić information content (AvgIpc) is 2.07. The van der Waals surface area contributed by atoms with E-state index in [1.54, 1.807) is 7.05 Å². The van der Waals surface area contributed by atoms with Crippen molar-refractivity contribution in [3.8, 4) is 0 Å². The molecule has 0 saturated heterocycles. The molecule has 0 atom stereocenters. The first-order chi connectivity index (χ1) is 5.77. The number of aromatic nitrogens is 1. The van der Waals surface area contributed by atoms with Gasteiger partial charge in [0.15, 0.2) is 5.84 Å². The van der Waals surface area contributed by atoms with Gasteiger partial charge in [-0.2, -0.15) is 0 Å². The molecular weight excluding hydrogens is 150 g/mol. The minimum absolute atomic E-state index is 0.582. The molecule has 0 aliphatic heterocycles. The minimum atomic E-state index is 0.582. The van der Waals surface area contributed by atoms with Crippen LogP contribution in [0.4, 0.5) is 0 Å². The number of nitrogens with zero attached hydrogens (tertiary/aromatic N) is 3. The van der Waals surface area contributed by atoms with Gasteiger partial charge < -0.3 is 0 Å². The predicted octanol–water partition coefficient (Wildman–Crippen LogP) is 1.47. The van der Waals surface area contributed by atoms with Gasteiger partial charge in [-0.1, -0.05) is 6.07 Å². The van der Waals surface area contributed by atoms with E-state index >= 15 is 0 Å². The van der Waals surface area contributed by atoms with Crippen molar-refractivity contribution in [2.45, 2.75) is 6.92 Å². The second kappa shape index (κ2) is 3.76. The molecule has 1 aromatic heterocycles. The lowest BCUT2D eigenvalue weighted by atomic mass is 10.3. The summed E-state index contributed by atoms with van der Waals surface area (Å²) in [7, 11) is 1.67. The smallest absolute Gasteiger partial charge is 0.172 e. The van der Waals surface area contributed by atoms with Gasteiger partial charge in [0, 0.05) is 12.7 Å². The number of aliphatic imine (C=N–C) groups is 2. The number of hydrogen-bond acceptors (Lipinski definition) is 2. The van der Waals surface area contributed by atoms with Crippen LogP contribution in [-0.4, -0.2) is 24.6 Å². The second-order valence-electron chi connectivity index (χ2n) is 2.37. The van der Waals surface area contributed by atoms with E-state index in [0.29, 0.717) is 5.84 Å². The molecule has 0 amide bonds. The minimum Gasteiger partial charge on any atom is -0.268 e. The van der Waals surface area contributed by atoms with E-state index in [0.717, 1.165) is 11.4 Å². The Hall–Kier alpha value is -1.51. The summed E-state index contributed by atoms with van der Waals surface area (Å²) in [6.07, 6.45) is 0. The van der Waals surface area contributed by atoms with E-state index in [2.05, 4.69) is 21.7 Å². The third kappa shape index (κ3) is 1.75. The molecule has 0 fully saturated rings. The lowest BCUT2D eigenvalue weighted by molar-refractivity contribution is 1.17. The topological polar surface area (TPSA) is 37.6 Å². The second-order valence-corrected chi connectivity index (χ2v) is 2.37. The van der Waals surface area contributed by atoms with Gasteiger partial charge in [-0.05, 0) is 25.8 Å². The molecule has 0 radical (unpaired) electrons. The molecule has 0 aliphatic carbocycles. The highest BCUT2D eigenvalue weighted by Crippen LogP contribution is 2.00. The van der Waals surface area contributed by atoms with Crippen molar-refractivity contribution in [3.63, 3.8) is 0 Å². The molecule has 62 valence electrons. The van der Waals surface area contributed by atoms with Gasteiger partial charge in [0.2, 0.25) is 0 Å². The van der Waals surface area contributed by atoms with Crippen molar-refractivity contribution < 1.29 is 0 Å². The molecule has 0 aromatic carbocycles. The summed E-state index contributed by atoms with van der Waals surface area (Å²) in [6.45, 7) is 5.35. The number of amidine groups is 1. The molecule has 1 heterocycles. The monoisotopic (exact) mass is 161 g/mol. The summed E-state index contributed by atoms with van der Waals surface area (Å²) in [6, 6.07) is 5.72. The van der Waals surface area contributed by atoms with E-state index in [-0.39, 0.29) is 0 Å². The van der Waals surface area contributed by atoms with Crippen LogP contribution in [0.5, 0.6) is 0 Å². The normalized spacial score (nSPS) is 11.3. The zero-order valence-corrected chi connectivity index (χ0v) is 7.28. The largest absolute Gasteiger partial charge is 0.268 e. The Morgan fingerprint density at radius 3 is 2.75 bits per heavy atom. The summed E-state index contributed by atoms with van der Waals surface area (Å²) in [5.41, 5.74) is 1.73. The molecule has 1 aromatic rings. The van der Waals surface area contributed by atoms with Crippen LogP contribution in [0.3, 0.4) is 0 Å². The fourth-order valence-corrected chi connectivity index (χ4v) is 0.934. The first kappa shape index (κ1) is 8.59. The van der Waals surface area contributed by atoms with Crippen LogP contribution in [0.1, 0.15) is 11.4 Å². The Morgan fingerprint density at radius 2 is 2.25 bits per heavy atom. The first-order valence-electron chi connectivity index (χ1n) is 3.65. The fraction of sp³-hybridized carbons (Fsp3) is 0.222. The van der Waals surface area contributed by atoms with Crippen LogP contribution >= 0.6 is 0 Å². The Balaban J connectivity index is 3.10. The molecule has 1 rings (SSSR count). The van der Waals surface area contributed by atoms with Gasteiger partial charge >= 0.3 is 0 Å². The standard InChI is InChI=1S/C9H11N3/c1-7-5-4-6-8(12-7)9(10-2)11-3/h4-6H,2H2,1,3H3. The van der Waals surface area contributed by atoms with Gasteiger partial charge in [0.1, 0.15) is 5.69 Å². The van der Waals surface area contributed by atoms with Gasteiger partial charge in [0.05, 0.1) is 0 Å².